The van der Waals surface area contributed by atoms with Gasteiger partial charge in [0.15, 0.2) is 0 Å². The highest BCUT2D eigenvalue weighted by Gasteiger charge is 2.26. The smallest absolute Gasteiger partial charge is 0.0955 e. The summed E-state index contributed by atoms with van der Waals surface area (Å²) in [5.41, 5.74) is 0.362. The molecule has 3 heteroatoms. The minimum absolute atomic E-state index is 0.252. The first-order valence-electron chi connectivity index (χ1n) is 4.82. The molecule has 2 nitrogen and oxygen atoms in total. The van der Waals surface area contributed by atoms with Crippen LogP contribution in [0.3, 0.4) is 0 Å². The summed E-state index contributed by atoms with van der Waals surface area (Å²) in [6, 6.07) is 0. The van der Waals surface area contributed by atoms with Gasteiger partial charge in [0.1, 0.15) is 0 Å². The van der Waals surface area contributed by atoms with Crippen LogP contribution in [0.15, 0.2) is 0 Å². The van der Waals surface area contributed by atoms with Crippen molar-refractivity contribution in [2.75, 3.05) is 19.8 Å². The van der Waals surface area contributed by atoms with E-state index >= 15 is 0 Å². The van der Waals surface area contributed by atoms with E-state index in [4.69, 9.17) is 9.47 Å². The van der Waals surface area contributed by atoms with Gasteiger partial charge in [-0.2, -0.15) is 0 Å². The van der Waals surface area contributed by atoms with Crippen LogP contribution < -0.4 is 0 Å². The van der Waals surface area contributed by atoms with Crippen LogP contribution in [0.1, 0.15) is 27.2 Å². The van der Waals surface area contributed by atoms with E-state index < -0.39 is 0 Å². The first-order valence-corrected chi connectivity index (χ1v) is 5.74. The van der Waals surface area contributed by atoms with Gasteiger partial charge in [0.2, 0.25) is 0 Å². The molecule has 0 bridgehead atoms. The number of hydrogen-bond donors (Lipinski definition) is 0. The van der Waals surface area contributed by atoms with Crippen LogP contribution in [0.5, 0.6) is 0 Å². The molecule has 0 aromatic heterocycles. The van der Waals surface area contributed by atoms with Crippen molar-refractivity contribution in [3.8, 4) is 0 Å². The summed E-state index contributed by atoms with van der Waals surface area (Å²) in [4.78, 5) is 0.382. The molecule has 1 fully saturated rings. The van der Waals surface area contributed by atoms with Gasteiger partial charge in [-0.3, -0.25) is 0 Å². The van der Waals surface area contributed by atoms with E-state index in [1.165, 1.54) is 0 Å². The Bertz CT molecular complexity index is 153. The van der Waals surface area contributed by atoms with Gasteiger partial charge in [-0.1, -0.05) is 36.7 Å². The van der Waals surface area contributed by atoms with Gasteiger partial charge < -0.3 is 9.47 Å². The van der Waals surface area contributed by atoms with Gasteiger partial charge in [-0.15, -0.1) is 0 Å². The lowest BCUT2D eigenvalue weighted by Gasteiger charge is -2.20. The molecule has 0 aromatic carbocycles. The number of halogens is 1. The van der Waals surface area contributed by atoms with Gasteiger partial charge in [0.25, 0.3) is 0 Å². The largest absolute Gasteiger partial charge is 0.377 e. The molecule has 1 aliphatic rings. The van der Waals surface area contributed by atoms with Crippen molar-refractivity contribution in [1.29, 1.82) is 0 Å². The summed E-state index contributed by atoms with van der Waals surface area (Å²) in [7, 11) is 0. The second kappa shape index (κ2) is 4.76. The molecule has 0 N–H and O–H groups in total. The van der Waals surface area contributed by atoms with E-state index in [1.807, 2.05) is 0 Å². The first-order chi connectivity index (χ1) is 5.99. The molecule has 2 atom stereocenters. The van der Waals surface area contributed by atoms with Crippen LogP contribution >= 0.6 is 15.9 Å². The van der Waals surface area contributed by atoms with Crippen molar-refractivity contribution in [3.05, 3.63) is 0 Å². The maximum atomic E-state index is 5.72. The third kappa shape index (κ3) is 4.43. The predicted molar refractivity (Wildman–Crippen MR) is 57.3 cm³/mol. The lowest BCUT2D eigenvalue weighted by Crippen LogP contribution is -2.24. The summed E-state index contributed by atoms with van der Waals surface area (Å²) < 4.78 is 11.0. The minimum Gasteiger partial charge on any atom is -0.377 e. The van der Waals surface area contributed by atoms with Crippen molar-refractivity contribution >= 4 is 15.9 Å². The molecule has 0 amide bonds. The van der Waals surface area contributed by atoms with Crippen LogP contribution in [0, 0.1) is 5.41 Å². The Morgan fingerprint density at radius 3 is 2.54 bits per heavy atom. The Morgan fingerprint density at radius 1 is 1.38 bits per heavy atom. The van der Waals surface area contributed by atoms with Gasteiger partial charge in [-0.05, 0) is 11.8 Å². The van der Waals surface area contributed by atoms with Crippen LogP contribution in [0.4, 0.5) is 0 Å². The average Bonchev–Trinajstić information content (AvgIpc) is 2.34. The molecular formula is C10H19BrO2. The number of hydrogen-bond acceptors (Lipinski definition) is 2. The quantitative estimate of drug-likeness (QED) is 0.718. The summed E-state index contributed by atoms with van der Waals surface area (Å²) in [6.07, 6.45) is 1.35. The lowest BCUT2D eigenvalue weighted by atomic mass is 9.93. The van der Waals surface area contributed by atoms with E-state index in [0.717, 1.165) is 26.2 Å². The SMILES string of the molecule is CC(C)(C)CCOC1COCC1Br. The minimum atomic E-state index is 0.252. The molecule has 0 spiro atoms. The highest BCUT2D eigenvalue weighted by Crippen LogP contribution is 2.21. The van der Waals surface area contributed by atoms with E-state index in [0.29, 0.717) is 10.2 Å². The summed E-state index contributed by atoms with van der Waals surface area (Å²) in [5, 5.41) is 0. The molecule has 1 saturated heterocycles. The Hall–Kier alpha value is 0.400. The zero-order valence-corrected chi connectivity index (χ0v) is 10.3. The lowest BCUT2D eigenvalue weighted by molar-refractivity contribution is 0.0318. The summed E-state index contributed by atoms with van der Waals surface area (Å²) in [5.74, 6) is 0. The van der Waals surface area contributed by atoms with Crippen molar-refractivity contribution in [2.45, 2.75) is 38.1 Å². The Labute approximate surface area is 89.1 Å². The normalized spacial score (nSPS) is 29.5. The fourth-order valence-corrected chi connectivity index (χ4v) is 1.67. The standard InChI is InChI=1S/C10H19BrO2/c1-10(2,3)4-5-13-9-7-12-6-8(9)11/h8-9H,4-7H2,1-3H3. The molecule has 78 valence electrons. The van der Waals surface area contributed by atoms with Crippen molar-refractivity contribution in [1.82, 2.24) is 0 Å². The topological polar surface area (TPSA) is 18.5 Å². The predicted octanol–water partition coefficient (Wildman–Crippen LogP) is 2.60. The van der Waals surface area contributed by atoms with Crippen molar-refractivity contribution in [2.24, 2.45) is 5.41 Å². The maximum absolute atomic E-state index is 5.72. The van der Waals surface area contributed by atoms with Crippen molar-refractivity contribution in [3.63, 3.8) is 0 Å². The molecule has 0 radical (unpaired) electrons. The molecular weight excluding hydrogens is 232 g/mol. The summed E-state index contributed by atoms with van der Waals surface area (Å²) >= 11 is 3.54. The maximum Gasteiger partial charge on any atom is 0.0955 e. The number of ether oxygens (including phenoxy) is 2. The Kier molecular flexibility index (Phi) is 4.20. The molecule has 1 heterocycles. The van der Waals surface area contributed by atoms with E-state index in [9.17, 15) is 0 Å². The van der Waals surface area contributed by atoms with E-state index in [2.05, 4.69) is 36.7 Å². The van der Waals surface area contributed by atoms with Gasteiger partial charge in [0.05, 0.1) is 24.1 Å². The van der Waals surface area contributed by atoms with E-state index in [-0.39, 0.29) is 6.10 Å². The molecule has 1 rings (SSSR count). The van der Waals surface area contributed by atoms with E-state index in [1.54, 1.807) is 0 Å². The average molecular weight is 251 g/mol. The fourth-order valence-electron chi connectivity index (χ4n) is 1.18. The molecule has 0 aliphatic carbocycles. The molecule has 1 aliphatic heterocycles. The van der Waals surface area contributed by atoms with Gasteiger partial charge >= 0.3 is 0 Å². The van der Waals surface area contributed by atoms with Crippen LogP contribution in [-0.2, 0) is 9.47 Å². The second-order valence-electron chi connectivity index (χ2n) is 4.77. The molecule has 2 unspecified atom stereocenters. The first kappa shape index (κ1) is 11.5. The third-order valence-corrected chi connectivity index (χ3v) is 3.00. The van der Waals surface area contributed by atoms with Crippen LogP contribution in [0.25, 0.3) is 0 Å². The number of rotatable bonds is 3. The van der Waals surface area contributed by atoms with Gasteiger partial charge in [0, 0.05) is 6.61 Å². The van der Waals surface area contributed by atoms with Gasteiger partial charge in [-0.25, -0.2) is 0 Å². The molecule has 0 saturated carbocycles. The highest BCUT2D eigenvalue weighted by molar-refractivity contribution is 9.09. The highest BCUT2D eigenvalue weighted by atomic mass is 79.9. The molecule has 0 aromatic rings. The Morgan fingerprint density at radius 2 is 2.08 bits per heavy atom. The third-order valence-electron chi connectivity index (χ3n) is 2.15. The molecule has 13 heavy (non-hydrogen) atoms. The zero-order valence-electron chi connectivity index (χ0n) is 8.68. The monoisotopic (exact) mass is 250 g/mol. The Balaban J connectivity index is 2.12. The zero-order chi connectivity index (χ0) is 9.90. The second-order valence-corrected chi connectivity index (χ2v) is 5.95. The fraction of sp³-hybridized carbons (Fsp3) is 1.00. The summed E-state index contributed by atoms with van der Waals surface area (Å²) in [6.45, 7) is 9.03. The van der Waals surface area contributed by atoms with Crippen molar-refractivity contribution < 1.29 is 9.47 Å². The number of alkyl halides is 1. The van der Waals surface area contributed by atoms with Crippen LogP contribution in [0.2, 0.25) is 0 Å². The van der Waals surface area contributed by atoms with Crippen LogP contribution in [-0.4, -0.2) is 30.8 Å².